The van der Waals surface area contributed by atoms with Crippen molar-refractivity contribution in [3.63, 3.8) is 0 Å². The van der Waals surface area contributed by atoms with Crippen LogP contribution < -0.4 is 4.74 Å². The van der Waals surface area contributed by atoms with Crippen molar-refractivity contribution in [2.24, 2.45) is 12.0 Å². The Morgan fingerprint density at radius 1 is 0.909 bits per heavy atom. The van der Waals surface area contributed by atoms with Crippen LogP contribution in [-0.2, 0) is 17.1 Å². The van der Waals surface area contributed by atoms with Gasteiger partial charge in [-0.05, 0) is 54.1 Å². The molecule has 0 N–H and O–H groups in total. The lowest BCUT2D eigenvalue weighted by molar-refractivity contribution is 0.365. The lowest BCUT2D eigenvalue weighted by atomic mass is 10.0. The van der Waals surface area contributed by atoms with E-state index in [0.29, 0.717) is 17.3 Å². The highest BCUT2D eigenvalue weighted by atomic mass is 32.2. The Labute approximate surface area is 191 Å². The number of aromatic nitrogens is 3. The van der Waals surface area contributed by atoms with E-state index in [1.54, 1.807) is 41.3 Å². The van der Waals surface area contributed by atoms with Gasteiger partial charge in [0.2, 0.25) is 0 Å². The Morgan fingerprint density at radius 3 is 2.39 bits per heavy atom. The maximum Gasteiger partial charge on any atom is 0.267 e. The van der Waals surface area contributed by atoms with E-state index in [9.17, 15) is 8.42 Å². The van der Waals surface area contributed by atoms with Gasteiger partial charge < -0.3 is 4.74 Å². The third kappa shape index (κ3) is 3.87. The molecular formula is C24H21N5O3S. The molecule has 5 rings (SSSR count). The molecule has 8 nitrogen and oxygen atoms in total. The van der Waals surface area contributed by atoms with Crippen molar-refractivity contribution in [1.29, 1.82) is 0 Å². The third-order valence-corrected chi connectivity index (χ3v) is 7.27. The highest BCUT2D eigenvalue weighted by Gasteiger charge is 2.31. The largest absolute Gasteiger partial charge is 0.486 e. The molecule has 0 saturated heterocycles. The first-order valence-electron chi connectivity index (χ1n) is 10.3. The molecule has 0 saturated carbocycles. The first-order valence-corrected chi connectivity index (χ1v) is 11.7. The normalized spacial score (nSPS) is 14.5. The molecule has 0 spiro atoms. The number of likely N-dealkylation sites (N-methyl/N-ethyl adjacent to an activating group) is 1. The number of hydrogen-bond donors (Lipinski definition) is 0. The molecule has 2 aromatic heterocycles. The fraction of sp³-hybridized carbons (Fsp3) is 0.125. The minimum Gasteiger partial charge on any atom is -0.486 e. The van der Waals surface area contributed by atoms with Crippen molar-refractivity contribution in [3.05, 3.63) is 79.3 Å². The molecule has 0 atom stereocenters. The fourth-order valence-corrected chi connectivity index (χ4v) is 4.98. The first-order chi connectivity index (χ1) is 15.9. The van der Waals surface area contributed by atoms with Gasteiger partial charge in [0, 0.05) is 43.8 Å². The lowest BCUT2D eigenvalue weighted by Gasteiger charge is -2.26. The predicted molar refractivity (Wildman–Crippen MR) is 126 cm³/mol. The van der Waals surface area contributed by atoms with Crippen LogP contribution in [0.25, 0.3) is 22.4 Å². The zero-order chi connectivity index (χ0) is 23.0. The average Bonchev–Trinajstić information content (AvgIpc) is 3.23. The van der Waals surface area contributed by atoms with Crippen molar-refractivity contribution in [2.45, 2.75) is 4.90 Å². The summed E-state index contributed by atoms with van der Waals surface area (Å²) in [6.07, 6.45) is 5.49. The maximum absolute atomic E-state index is 12.8. The summed E-state index contributed by atoms with van der Waals surface area (Å²) in [5.74, 6) is 0.926. The van der Waals surface area contributed by atoms with Gasteiger partial charge in [-0.25, -0.2) is 13.4 Å². The molecule has 33 heavy (non-hydrogen) atoms. The van der Waals surface area contributed by atoms with Crippen LogP contribution in [0.3, 0.4) is 0 Å². The minimum absolute atomic E-state index is 0.0231. The molecule has 1 aliphatic heterocycles. The zero-order valence-electron chi connectivity index (χ0n) is 18.1. The molecular weight excluding hydrogens is 438 g/mol. The molecule has 2 aromatic carbocycles. The number of benzene rings is 2. The van der Waals surface area contributed by atoms with Crippen molar-refractivity contribution in [3.8, 4) is 28.1 Å². The number of amidine groups is 1. The van der Waals surface area contributed by atoms with Gasteiger partial charge in [-0.15, -0.1) is 0 Å². The van der Waals surface area contributed by atoms with E-state index in [4.69, 9.17) is 4.74 Å². The van der Waals surface area contributed by atoms with Crippen molar-refractivity contribution >= 4 is 21.5 Å². The molecule has 0 radical (unpaired) electrons. The van der Waals surface area contributed by atoms with Gasteiger partial charge >= 0.3 is 0 Å². The van der Waals surface area contributed by atoms with Crippen LogP contribution in [0.15, 0.2) is 89.1 Å². The molecule has 0 amide bonds. The first kappa shape index (κ1) is 20.9. The van der Waals surface area contributed by atoms with Gasteiger partial charge in [0.25, 0.3) is 10.0 Å². The number of aryl methyl sites for hydroxylation is 1. The van der Waals surface area contributed by atoms with E-state index in [1.807, 2.05) is 49.6 Å². The number of para-hydroxylation sites is 1. The van der Waals surface area contributed by atoms with Crippen molar-refractivity contribution < 1.29 is 13.2 Å². The molecule has 0 bridgehead atoms. The van der Waals surface area contributed by atoms with E-state index < -0.39 is 10.0 Å². The number of hydrogen-bond acceptors (Lipinski definition) is 6. The van der Waals surface area contributed by atoms with Gasteiger partial charge in [0.05, 0.1) is 5.69 Å². The highest BCUT2D eigenvalue weighted by Crippen LogP contribution is 2.33. The third-order valence-electron chi connectivity index (χ3n) is 5.43. The Kier molecular flexibility index (Phi) is 5.18. The summed E-state index contributed by atoms with van der Waals surface area (Å²) in [6, 6.07) is 18.1. The summed E-state index contributed by atoms with van der Waals surface area (Å²) in [4.78, 5) is 8.75. The molecule has 3 heterocycles. The maximum atomic E-state index is 12.8. The second-order valence-electron chi connectivity index (χ2n) is 7.58. The predicted octanol–water partition coefficient (Wildman–Crippen LogP) is 3.89. The van der Waals surface area contributed by atoms with Gasteiger partial charge in [-0.1, -0.05) is 12.1 Å². The van der Waals surface area contributed by atoms with Crippen LogP contribution in [0, 0.1) is 0 Å². The molecule has 0 unspecified atom stereocenters. The van der Waals surface area contributed by atoms with Gasteiger partial charge in [0.1, 0.15) is 22.9 Å². The summed E-state index contributed by atoms with van der Waals surface area (Å²) >= 11 is 0. The van der Waals surface area contributed by atoms with E-state index in [1.165, 1.54) is 11.4 Å². The smallest absolute Gasteiger partial charge is 0.267 e. The van der Waals surface area contributed by atoms with E-state index in [0.717, 1.165) is 22.4 Å². The average molecular weight is 460 g/mol. The number of sulfonamides is 1. The summed E-state index contributed by atoms with van der Waals surface area (Å²) < 4.78 is 34.3. The van der Waals surface area contributed by atoms with Gasteiger partial charge in [-0.3, -0.25) is 14.0 Å². The Bertz CT molecular complexity index is 1450. The molecule has 166 valence electrons. The summed E-state index contributed by atoms with van der Waals surface area (Å²) in [6.45, 7) is 0.0231. The summed E-state index contributed by atoms with van der Waals surface area (Å²) in [5, 5.41) is 4.62. The van der Waals surface area contributed by atoms with Gasteiger partial charge in [0.15, 0.2) is 5.84 Å². The Hall–Kier alpha value is -3.98. The fourth-order valence-electron chi connectivity index (χ4n) is 3.69. The van der Waals surface area contributed by atoms with Crippen LogP contribution in [0.4, 0.5) is 5.69 Å². The summed E-state index contributed by atoms with van der Waals surface area (Å²) in [5.41, 5.74) is 4.26. The monoisotopic (exact) mass is 459 g/mol. The number of rotatable bonds is 5. The van der Waals surface area contributed by atoms with Gasteiger partial charge in [-0.2, -0.15) is 5.10 Å². The molecule has 0 fully saturated rings. The Morgan fingerprint density at radius 2 is 1.64 bits per heavy atom. The number of pyridine rings is 1. The highest BCUT2D eigenvalue weighted by molar-refractivity contribution is 7.90. The van der Waals surface area contributed by atoms with E-state index in [-0.39, 0.29) is 11.5 Å². The molecule has 0 aliphatic carbocycles. The molecule has 1 aliphatic rings. The van der Waals surface area contributed by atoms with Crippen LogP contribution in [-0.4, -0.2) is 47.0 Å². The second-order valence-corrected chi connectivity index (χ2v) is 9.52. The zero-order valence-corrected chi connectivity index (χ0v) is 18.9. The molecule has 4 aromatic rings. The SMILES string of the molecule is CN1C(COc2ccc(-c3nn(C)cc3-c3ccncc3)cc2)=Nc2ccccc2S1(=O)=O. The number of ether oxygens (including phenoxy) is 1. The van der Waals surface area contributed by atoms with E-state index >= 15 is 0 Å². The minimum atomic E-state index is -3.64. The topological polar surface area (TPSA) is 89.7 Å². The van der Waals surface area contributed by atoms with Crippen molar-refractivity contribution in [2.75, 3.05) is 13.7 Å². The lowest BCUT2D eigenvalue weighted by Crippen LogP contribution is -2.38. The number of fused-ring (bicyclic) bond motifs is 1. The number of nitrogens with zero attached hydrogens (tertiary/aromatic N) is 5. The van der Waals surface area contributed by atoms with Crippen LogP contribution in [0.5, 0.6) is 5.75 Å². The van der Waals surface area contributed by atoms with Crippen LogP contribution in [0.1, 0.15) is 0 Å². The Balaban J connectivity index is 1.37. The number of aliphatic imine (C=N–C) groups is 1. The summed E-state index contributed by atoms with van der Waals surface area (Å²) in [7, 11) is -0.266. The standard InChI is InChI=1S/C24H21N5O3S/c1-28-15-20(17-11-13-25-14-12-17)24(27-28)18-7-9-19(10-8-18)32-16-23-26-21-5-3-4-6-22(21)33(30,31)29(23)2/h3-15H,16H2,1-2H3. The van der Waals surface area contributed by atoms with Crippen LogP contribution in [0.2, 0.25) is 0 Å². The second kappa shape index (κ2) is 8.18. The van der Waals surface area contributed by atoms with Crippen LogP contribution >= 0.6 is 0 Å². The quantitative estimate of drug-likeness (QED) is 0.452. The molecule has 9 heteroatoms. The van der Waals surface area contributed by atoms with Crippen molar-refractivity contribution in [1.82, 2.24) is 19.1 Å². The van der Waals surface area contributed by atoms with E-state index in [2.05, 4.69) is 15.1 Å².